The van der Waals surface area contributed by atoms with Crippen molar-refractivity contribution in [3.8, 4) is 0 Å². The SMILES string of the molecule is CCOC(=O)[C@H](Br)c1ccc(Cl)nc1. The van der Waals surface area contributed by atoms with Crippen LogP contribution in [0.2, 0.25) is 5.15 Å². The molecule has 0 unspecified atom stereocenters. The molecule has 1 atom stereocenters. The minimum absolute atomic E-state index is 0.323. The van der Waals surface area contributed by atoms with E-state index in [-0.39, 0.29) is 5.97 Å². The largest absolute Gasteiger partial charge is 0.465 e. The van der Waals surface area contributed by atoms with Crippen molar-refractivity contribution in [3.63, 3.8) is 0 Å². The second kappa shape index (κ2) is 5.32. The Bertz CT molecular complexity index is 315. The van der Waals surface area contributed by atoms with Crippen LogP contribution in [0.3, 0.4) is 0 Å². The van der Waals surface area contributed by atoms with Gasteiger partial charge in [0.2, 0.25) is 0 Å². The first-order valence-corrected chi connectivity index (χ1v) is 5.36. The molecule has 0 saturated heterocycles. The Hall–Kier alpha value is -0.610. The Kier molecular flexibility index (Phi) is 4.35. The van der Waals surface area contributed by atoms with Gasteiger partial charge in [0.15, 0.2) is 0 Å². The average Bonchev–Trinajstić information content (AvgIpc) is 2.18. The van der Waals surface area contributed by atoms with Crippen molar-refractivity contribution < 1.29 is 9.53 Å². The number of esters is 1. The average molecular weight is 279 g/mol. The summed E-state index contributed by atoms with van der Waals surface area (Å²) >= 11 is 8.83. The zero-order valence-electron chi connectivity index (χ0n) is 7.54. The molecule has 76 valence electrons. The summed E-state index contributed by atoms with van der Waals surface area (Å²) in [4.78, 5) is 14.7. The Morgan fingerprint density at radius 1 is 1.71 bits per heavy atom. The lowest BCUT2D eigenvalue weighted by Gasteiger charge is -2.08. The third kappa shape index (κ3) is 2.96. The summed E-state index contributed by atoms with van der Waals surface area (Å²) in [7, 11) is 0. The zero-order chi connectivity index (χ0) is 10.6. The highest BCUT2D eigenvalue weighted by Crippen LogP contribution is 2.24. The molecule has 0 saturated carbocycles. The minimum atomic E-state index is -0.479. The lowest BCUT2D eigenvalue weighted by Crippen LogP contribution is -2.10. The second-order valence-electron chi connectivity index (χ2n) is 2.53. The van der Waals surface area contributed by atoms with E-state index in [1.54, 1.807) is 25.3 Å². The van der Waals surface area contributed by atoms with Crippen molar-refractivity contribution in [2.24, 2.45) is 0 Å². The number of nitrogens with zero attached hydrogens (tertiary/aromatic N) is 1. The van der Waals surface area contributed by atoms with Gasteiger partial charge in [-0.25, -0.2) is 4.98 Å². The molecule has 0 amide bonds. The quantitative estimate of drug-likeness (QED) is 0.485. The summed E-state index contributed by atoms with van der Waals surface area (Å²) in [5, 5.41) is 0.400. The summed E-state index contributed by atoms with van der Waals surface area (Å²) in [6.45, 7) is 2.12. The van der Waals surface area contributed by atoms with Gasteiger partial charge in [0.25, 0.3) is 0 Å². The molecule has 0 N–H and O–H groups in total. The standard InChI is InChI=1S/C9H9BrClNO2/c1-2-14-9(13)8(10)6-3-4-7(11)12-5-6/h3-5,8H,2H2,1H3/t8-/m1/s1. The van der Waals surface area contributed by atoms with Crippen LogP contribution in [0.5, 0.6) is 0 Å². The maximum absolute atomic E-state index is 11.3. The monoisotopic (exact) mass is 277 g/mol. The van der Waals surface area contributed by atoms with E-state index in [1.165, 1.54) is 0 Å². The Morgan fingerprint density at radius 2 is 2.43 bits per heavy atom. The fourth-order valence-electron chi connectivity index (χ4n) is 0.889. The van der Waals surface area contributed by atoms with Crippen molar-refractivity contribution in [1.29, 1.82) is 0 Å². The zero-order valence-corrected chi connectivity index (χ0v) is 9.88. The molecule has 1 heterocycles. The van der Waals surface area contributed by atoms with Crippen LogP contribution in [0.1, 0.15) is 17.3 Å². The molecule has 1 aromatic rings. The Balaban J connectivity index is 2.73. The van der Waals surface area contributed by atoms with Gasteiger partial charge in [-0.1, -0.05) is 33.6 Å². The Labute approximate surface area is 95.6 Å². The van der Waals surface area contributed by atoms with Crippen LogP contribution in [-0.4, -0.2) is 17.6 Å². The van der Waals surface area contributed by atoms with Gasteiger partial charge in [-0.2, -0.15) is 0 Å². The first-order chi connectivity index (χ1) is 6.65. The molecule has 0 bridgehead atoms. The molecule has 0 radical (unpaired) electrons. The van der Waals surface area contributed by atoms with E-state index in [1.807, 2.05) is 0 Å². The van der Waals surface area contributed by atoms with Gasteiger partial charge in [0.05, 0.1) is 6.61 Å². The van der Waals surface area contributed by atoms with E-state index in [0.717, 1.165) is 5.56 Å². The molecular weight excluding hydrogens is 269 g/mol. The number of carbonyl (C=O) groups is 1. The smallest absolute Gasteiger partial charge is 0.324 e. The molecule has 5 heteroatoms. The van der Waals surface area contributed by atoms with E-state index >= 15 is 0 Å². The van der Waals surface area contributed by atoms with E-state index in [0.29, 0.717) is 11.8 Å². The third-order valence-corrected chi connectivity index (χ3v) is 2.66. The molecule has 0 spiro atoms. The van der Waals surface area contributed by atoms with Crippen molar-refractivity contribution in [2.75, 3.05) is 6.61 Å². The fraction of sp³-hybridized carbons (Fsp3) is 0.333. The molecule has 1 rings (SSSR count). The molecule has 0 aliphatic heterocycles. The van der Waals surface area contributed by atoms with Crippen LogP contribution >= 0.6 is 27.5 Å². The molecular formula is C9H9BrClNO2. The van der Waals surface area contributed by atoms with Crippen LogP contribution in [0, 0.1) is 0 Å². The predicted molar refractivity (Wildman–Crippen MR) is 57.5 cm³/mol. The van der Waals surface area contributed by atoms with Crippen LogP contribution in [0.4, 0.5) is 0 Å². The molecule has 0 aliphatic carbocycles. The number of ether oxygens (including phenoxy) is 1. The van der Waals surface area contributed by atoms with Gasteiger partial charge in [-0.05, 0) is 18.6 Å². The van der Waals surface area contributed by atoms with Gasteiger partial charge in [-0.3, -0.25) is 4.79 Å². The van der Waals surface area contributed by atoms with Gasteiger partial charge in [-0.15, -0.1) is 0 Å². The summed E-state index contributed by atoms with van der Waals surface area (Å²) < 4.78 is 4.84. The van der Waals surface area contributed by atoms with E-state index < -0.39 is 4.83 Å². The maximum Gasteiger partial charge on any atom is 0.324 e. The highest BCUT2D eigenvalue weighted by Gasteiger charge is 2.18. The van der Waals surface area contributed by atoms with Gasteiger partial charge in [0.1, 0.15) is 9.98 Å². The number of pyridine rings is 1. The van der Waals surface area contributed by atoms with Crippen molar-refractivity contribution in [2.45, 2.75) is 11.8 Å². The normalized spacial score (nSPS) is 12.2. The topological polar surface area (TPSA) is 39.2 Å². The second-order valence-corrected chi connectivity index (χ2v) is 3.83. The highest BCUT2D eigenvalue weighted by atomic mass is 79.9. The fourth-order valence-corrected chi connectivity index (χ4v) is 1.40. The lowest BCUT2D eigenvalue weighted by atomic mass is 10.2. The summed E-state index contributed by atoms with van der Waals surface area (Å²) in [5.74, 6) is -0.323. The van der Waals surface area contributed by atoms with Gasteiger partial charge >= 0.3 is 5.97 Å². The number of hydrogen-bond donors (Lipinski definition) is 0. The summed E-state index contributed by atoms with van der Waals surface area (Å²) in [5.41, 5.74) is 0.729. The lowest BCUT2D eigenvalue weighted by molar-refractivity contribution is -0.142. The van der Waals surface area contributed by atoms with Crippen LogP contribution < -0.4 is 0 Å². The van der Waals surface area contributed by atoms with Gasteiger partial charge in [0, 0.05) is 6.20 Å². The summed E-state index contributed by atoms with van der Waals surface area (Å²) in [6.07, 6.45) is 1.54. The Morgan fingerprint density at radius 3 is 2.93 bits per heavy atom. The molecule has 3 nitrogen and oxygen atoms in total. The predicted octanol–water partition coefficient (Wildman–Crippen LogP) is 2.73. The minimum Gasteiger partial charge on any atom is -0.465 e. The van der Waals surface area contributed by atoms with Crippen LogP contribution in [0.25, 0.3) is 0 Å². The van der Waals surface area contributed by atoms with Crippen LogP contribution in [0.15, 0.2) is 18.3 Å². The number of alkyl halides is 1. The number of hydrogen-bond acceptors (Lipinski definition) is 3. The molecule has 1 aromatic heterocycles. The van der Waals surface area contributed by atoms with E-state index in [4.69, 9.17) is 16.3 Å². The van der Waals surface area contributed by atoms with E-state index in [2.05, 4.69) is 20.9 Å². The van der Waals surface area contributed by atoms with Crippen molar-refractivity contribution in [3.05, 3.63) is 29.0 Å². The molecule has 0 aromatic carbocycles. The third-order valence-electron chi connectivity index (χ3n) is 1.54. The number of aromatic nitrogens is 1. The van der Waals surface area contributed by atoms with Gasteiger partial charge < -0.3 is 4.74 Å². The first-order valence-electron chi connectivity index (χ1n) is 4.07. The van der Waals surface area contributed by atoms with Crippen molar-refractivity contribution in [1.82, 2.24) is 4.98 Å². The maximum atomic E-state index is 11.3. The van der Waals surface area contributed by atoms with Crippen molar-refractivity contribution >= 4 is 33.5 Å². The van der Waals surface area contributed by atoms with Crippen LogP contribution in [-0.2, 0) is 9.53 Å². The van der Waals surface area contributed by atoms with E-state index in [9.17, 15) is 4.79 Å². The number of carbonyl (C=O) groups excluding carboxylic acids is 1. The summed E-state index contributed by atoms with van der Waals surface area (Å²) in [6, 6.07) is 3.36. The molecule has 0 aliphatic rings. The molecule has 0 fully saturated rings. The highest BCUT2D eigenvalue weighted by molar-refractivity contribution is 9.09. The number of rotatable bonds is 3. The molecule has 14 heavy (non-hydrogen) atoms. The first kappa shape index (κ1) is 11.5. The number of halogens is 2.